The van der Waals surface area contributed by atoms with Gasteiger partial charge in [-0.25, -0.2) is 4.98 Å². The van der Waals surface area contributed by atoms with Crippen LogP contribution in [0, 0.1) is 0 Å². The van der Waals surface area contributed by atoms with Gasteiger partial charge in [0.05, 0.1) is 5.69 Å². The monoisotopic (exact) mass is 359 g/mol. The van der Waals surface area contributed by atoms with E-state index in [1.54, 1.807) is 0 Å². The SMILES string of the molecule is CC(C)c1c(-c2ccnc3[nH]ccc23)[nH]c2ccc(N3CCNCC3)cc12. The third-order valence-electron chi connectivity index (χ3n) is 5.61. The van der Waals surface area contributed by atoms with Crippen LogP contribution in [-0.4, -0.2) is 41.1 Å². The van der Waals surface area contributed by atoms with E-state index < -0.39 is 0 Å². The van der Waals surface area contributed by atoms with E-state index in [9.17, 15) is 0 Å². The number of hydrogen-bond acceptors (Lipinski definition) is 3. The second-order valence-electron chi connectivity index (χ2n) is 7.63. The van der Waals surface area contributed by atoms with Gasteiger partial charge in [0.1, 0.15) is 5.65 Å². The van der Waals surface area contributed by atoms with Crippen molar-refractivity contribution < 1.29 is 0 Å². The molecule has 138 valence electrons. The van der Waals surface area contributed by atoms with Crippen molar-refractivity contribution in [3.8, 4) is 11.3 Å². The lowest BCUT2D eigenvalue weighted by molar-refractivity contribution is 0.589. The van der Waals surface area contributed by atoms with E-state index in [4.69, 9.17) is 0 Å². The summed E-state index contributed by atoms with van der Waals surface area (Å²) in [7, 11) is 0. The van der Waals surface area contributed by atoms with Crippen LogP contribution in [0.2, 0.25) is 0 Å². The molecule has 0 aliphatic carbocycles. The maximum absolute atomic E-state index is 4.45. The number of nitrogens with zero attached hydrogens (tertiary/aromatic N) is 2. The van der Waals surface area contributed by atoms with Crippen molar-refractivity contribution in [1.82, 2.24) is 20.3 Å². The van der Waals surface area contributed by atoms with Crippen LogP contribution < -0.4 is 10.2 Å². The van der Waals surface area contributed by atoms with Crippen molar-refractivity contribution in [1.29, 1.82) is 0 Å². The number of benzene rings is 1. The quantitative estimate of drug-likeness (QED) is 0.513. The fourth-order valence-electron chi connectivity index (χ4n) is 4.31. The third kappa shape index (κ3) is 2.70. The van der Waals surface area contributed by atoms with Crippen LogP contribution in [0.3, 0.4) is 0 Å². The minimum Gasteiger partial charge on any atom is -0.369 e. The lowest BCUT2D eigenvalue weighted by atomic mass is 9.95. The lowest BCUT2D eigenvalue weighted by Gasteiger charge is -2.29. The molecule has 1 aliphatic heterocycles. The Labute approximate surface area is 158 Å². The van der Waals surface area contributed by atoms with E-state index in [2.05, 4.69) is 69.3 Å². The van der Waals surface area contributed by atoms with Crippen LogP contribution in [0.5, 0.6) is 0 Å². The number of rotatable bonds is 3. The van der Waals surface area contributed by atoms with Gasteiger partial charge >= 0.3 is 0 Å². The van der Waals surface area contributed by atoms with Gasteiger partial charge in [-0.3, -0.25) is 0 Å². The molecule has 5 rings (SSSR count). The molecule has 4 aromatic rings. The molecule has 0 saturated carbocycles. The third-order valence-corrected chi connectivity index (χ3v) is 5.61. The first kappa shape index (κ1) is 16.4. The van der Waals surface area contributed by atoms with Crippen LogP contribution in [0.4, 0.5) is 5.69 Å². The Kier molecular flexibility index (Phi) is 3.90. The molecule has 3 aromatic heterocycles. The number of hydrogen-bond donors (Lipinski definition) is 3. The molecule has 3 N–H and O–H groups in total. The average Bonchev–Trinajstić information content (AvgIpc) is 3.32. The van der Waals surface area contributed by atoms with Gasteiger partial charge in [-0.05, 0) is 41.8 Å². The van der Waals surface area contributed by atoms with Crippen molar-refractivity contribution in [2.24, 2.45) is 0 Å². The predicted octanol–water partition coefficient (Wildman–Crippen LogP) is 4.24. The summed E-state index contributed by atoms with van der Waals surface area (Å²) in [5, 5.41) is 5.93. The van der Waals surface area contributed by atoms with Crippen molar-refractivity contribution in [2.45, 2.75) is 19.8 Å². The summed E-state index contributed by atoms with van der Waals surface area (Å²) >= 11 is 0. The number of H-pyrrole nitrogens is 2. The average molecular weight is 359 g/mol. The first-order valence-corrected chi connectivity index (χ1v) is 9.76. The second kappa shape index (κ2) is 6.43. The topological polar surface area (TPSA) is 59.7 Å². The molecule has 5 heteroatoms. The Morgan fingerprint density at radius 2 is 1.89 bits per heavy atom. The molecule has 27 heavy (non-hydrogen) atoms. The Balaban J connectivity index is 1.71. The first-order chi connectivity index (χ1) is 13.2. The highest BCUT2D eigenvalue weighted by molar-refractivity contribution is 5.99. The van der Waals surface area contributed by atoms with Gasteiger partial charge in [0.15, 0.2) is 0 Å². The zero-order valence-electron chi connectivity index (χ0n) is 15.8. The Morgan fingerprint density at radius 1 is 1.04 bits per heavy atom. The van der Waals surface area contributed by atoms with Crippen LogP contribution in [0.25, 0.3) is 33.2 Å². The van der Waals surface area contributed by atoms with Crippen molar-refractivity contribution in [2.75, 3.05) is 31.1 Å². The number of anilines is 1. The fourth-order valence-corrected chi connectivity index (χ4v) is 4.31. The smallest absolute Gasteiger partial charge is 0.137 e. The Morgan fingerprint density at radius 3 is 2.70 bits per heavy atom. The zero-order chi connectivity index (χ0) is 18.4. The maximum Gasteiger partial charge on any atom is 0.137 e. The summed E-state index contributed by atoms with van der Waals surface area (Å²) in [4.78, 5) is 13.9. The number of nitrogens with one attached hydrogen (secondary N) is 3. The number of aromatic amines is 2. The highest BCUT2D eigenvalue weighted by Crippen LogP contribution is 2.39. The number of pyridine rings is 1. The number of aromatic nitrogens is 3. The second-order valence-corrected chi connectivity index (χ2v) is 7.63. The van der Waals surface area contributed by atoms with E-state index in [0.717, 1.165) is 37.2 Å². The number of piperazine rings is 1. The minimum atomic E-state index is 0.425. The molecule has 0 amide bonds. The molecule has 0 radical (unpaired) electrons. The Hall–Kier alpha value is -2.79. The molecule has 1 aromatic carbocycles. The van der Waals surface area contributed by atoms with Crippen molar-refractivity contribution in [3.05, 3.63) is 48.3 Å². The van der Waals surface area contributed by atoms with E-state index in [1.807, 2.05) is 12.4 Å². The molecule has 1 saturated heterocycles. The van der Waals surface area contributed by atoms with Gasteiger partial charge in [0.25, 0.3) is 0 Å². The van der Waals surface area contributed by atoms with Crippen molar-refractivity contribution >= 4 is 27.6 Å². The molecule has 4 heterocycles. The van der Waals surface area contributed by atoms with E-state index in [-0.39, 0.29) is 0 Å². The van der Waals surface area contributed by atoms with Crippen LogP contribution in [0.15, 0.2) is 42.7 Å². The molecule has 0 spiro atoms. The van der Waals surface area contributed by atoms with E-state index >= 15 is 0 Å². The van der Waals surface area contributed by atoms with Gasteiger partial charge in [0, 0.05) is 66.1 Å². The predicted molar refractivity (Wildman–Crippen MR) is 113 cm³/mol. The van der Waals surface area contributed by atoms with Gasteiger partial charge in [-0.15, -0.1) is 0 Å². The Bertz CT molecular complexity index is 1100. The van der Waals surface area contributed by atoms with E-state index in [1.165, 1.54) is 33.4 Å². The fraction of sp³-hybridized carbons (Fsp3) is 0.318. The van der Waals surface area contributed by atoms with Gasteiger partial charge in [-0.2, -0.15) is 0 Å². The molecule has 1 aliphatic rings. The summed E-state index contributed by atoms with van der Waals surface area (Å²) in [6.45, 7) is 8.78. The van der Waals surface area contributed by atoms with Crippen LogP contribution in [0.1, 0.15) is 25.3 Å². The maximum atomic E-state index is 4.45. The summed E-state index contributed by atoms with van der Waals surface area (Å²) in [5.41, 5.74) is 7.26. The summed E-state index contributed by atoms with van der Waals surface area (Å²) in [6.07, 6.45) is 3.84. The number of fused-ring (bicyclic) bond motifs is 2. The molecular formula is C22H25N5. The molecule has 0 atom stereocenters. The minimum absolute atomic E-state index is 0.425. The molecular weight excluding hydrogens is 334 g/mol. The largest absolute Gasteiger partial charge is 0.369 e. The lowest BCUT2D eigenvalue weighted by Crippen LogP contribution is -2.43. The normalized spacial score (nSPS) is 15.3. The van der Waals surface area contributed by atoms with Gasteiger partial charge in [-0.1, -0.05) is 13.8 Å². The van der Waals surface area contributed by atoms with Crippen LogP contribution >= 0.6 is 0 Å². The highest BCUT2D eigenvalue weighted by Gasteiger charge is 2.19. The standard InChI is InChI=1S/C22H25N5/c1-14(2)20-18-13-15(27-11-9-23-10-12-27)3-4-19(18)26-21(20)16-5-7-24-22-17(16)6-8-25-22/h3-8,13-14,23,26H,9-12H2,1-2H3,(H,24,25). The highest BCUT2D eigenvalue weighted by atomic mass is 15.2. The molecule has 0 bridgehead atoms. The van der Waals surface area contributed by atoms with E-state index in [0.29, 0.717) is 5.92 Å². The van der Waals surface area contributed by atoms with Gasteiger partial charge < -0.3 is 20.2 Å². The summed E-state index contributed by atoms with van der Waals surface area (Å²) in [6, 6.07) is 11.1. The zero-order valence-corrected chi connectivity index (χ0v) is 15.8. The van der Waals surface area contributed by atoms with Crippen LogP contribution in [-0.2, 0) is 0 Å². The molecule has 5 nitrogen and oxygen atoms in total. The summed E-state index contributed by atoms with van der Waals surface area (Å²) < 4.78 is 0. The summed E-state index contributed by atoms with van der Waals surface area (Å²) in [5.74, 6) is 0.425. The van der Waals surface area contributed by atoms with Gasteiger partial charge in [0.2, 0.25) is 0 Å². The molecule has 0 unspecified atom stereocenters. The molecule has 1 fully saturated rings. The van der Waals surface area contributed by atoms with Crippen molar-refractivity contribution in [3.63, 3.8) is 0 Å². The first-order valence-electron chi connectivity index (χ1n) is 9.76.